The van der Waals surface area contributed by atoms with Gasteiger partial charge in [0.1, 0.15) is 6.61 Å². The molecule has 2 aliphatic rings. The molecular formula is C22H25N5O2. The van der Waals surface area contributed by atoms with Crippen LogP contribution in [0, 0.1) is 0 Å². The van der Waals surface area contributed by atoms with Crippen molar-refractivity contribution in [3.8, 4) is 11.9 Å². The van der Waals surface area contributed by atoms with Crippen LogP contribution in [-0.2, 0) is 13.0 Å². The molecular weight excluding hydrogens is 366 g/mol. The molecule has 0 amide bonds. The number of rotatable bonds is 4. The minimum atomic E-state index is 0.0454. The molecule has 7 heteroatoms. The van der Waals surface area contributed by atoms with Gasteiger partial charge in [0.05, 0.1) is 17.8 Å². The zero-order chi connectivity index (χ0) is 19.8. The van der Waals surface area contributed by atoms with Gasteiger partial charge in [-0.05, 0) is 57.1 Å². The molecule has 1 atom stereocenters. The molecule has 0 spiro atoms. The Morgan fingerprint density at radius 2 is 2.10 bits per heavy atom. The van der Waals surface area contributed by atoms with E-state index < -0.39 is 0 Å². The number of hydrogen-bond acceptors (Lipinski definition) is 7. The lowest BCUT2D eigenvalue weighted by molar-refractivity contribution is 0.185. The molecule has 1 fully saturated rings. The Morgan fingerprint density at radius 1 is 1.17 bits per heavy atom. The number of pyridine rings is 1. The van der Waals surface area contributed by atoms with E-state index in [0.29, 0.717) is 25.6 Å². The van der Waals surface area contributed by atoms with Crippen LogP contribution in [0.3, 0.4) is 0 Å². The number of anilines is 1. The van der Waals surface area contributed by atoms with Crippen LogP contribution in [0.5, 0.6) is 11.9 Å². The fourth-order valence-electron chi connectivity index (χ4n) is 4.38. The molecule has 29 heavy (non-hydrogen) atoms. The van der Waals surface area contributed by atoms with Crippen LogP contribution in [0.2, 0.25) is 0 Å². The van der Waals surface area contributed by atoms with Gasteiger partial charge in [-0.3, -0.25) is 4.98 Å². The first kappa shape index (κ1) is 18.1. The number of hydrogen-bond donors (Lipinski definition) is 1. The molecule has 5 rings (SSSR count). The maximum absolute atomic E-state index is 10.4. The van der Waals surface area contributed by atoms with Gasteiger partial charge in [-0.15, -0.1) is 0 Å². The van der Waals surface area contributed by atoms with Crippen molar-refractivity contribution in [1.82, 2.24) is 19.9 Å². The van der Waals surface area contributed by atoms with Crippen LogP contribution >= 0.6 is 0 Å². The number of likely N-dealkylation sites (tertiary alicyclic amines) is 1. The molecule has 2 aliphatic heterocycles. The van der Waals surface area contributed by atoms with Gasteiger partial charge in [0.15, 0.2) is 0 Å². The SMILES string of the molecule is CN1CCC[C@H]1COc1nc(O)c2c(n1)CN(c1cccc3ncccc13)CC2. The first-order valence-electron chi connectivity index (χ1n) is 10.2. The van der Waals surface area contributed by atoms with Crippen LogP contribution in [-0.4, -0.2) is 57.7 Å². The molecule has 0 bridgehead atoms. The summed E-state index contributed by atoms with van der Waals surface area (Å²) in [6, 6.07) is 10.9. The minimum absolute atomic E-state index is 0.0454. The van der Waals surface area contributed by atoms with Gasteiger partial charge in [-0.2, -0.15) is 9.97 Å². The third-order valence-corrected chi connectivity index (χ3v) is 6.06. The summed E-state index contributed by atoms with van der Waals surface area (Å²) in [6.07, 6.45) is 4.82. The second kappa shape index (κ2) is 7.48. The number of likely N-dealkylation sites (N-methyl/N-ethyl adjacent to an activating group) is 1. The average Bonchev–Trinajstić information content (AvgIpc) is 3.16. The van der Waals surface area contributed by atoms with E-state index in [1.165, 1.54) is 6.42 Å². The average molecular weight is 391 g/mol. The quantitative estimate of drug-likeness (QED) is 0.733. The third-order valence-electron chi connectivity index (χ3n) is 6.06. The summed E-state index contributed by atoms with van der Waals surface area (Å²) in [4.78, 5) is 17.9. The number of aromatic hydroxyl groups is 1. The Bertz CT molecular complexity index is 1040. The predicted octanol–water partition coefficient (Wildman–Crippen LogP) is 2.77. The van der Waals surface area contributed by atoms with Crippen molar-refractivity contribution < 1.29 is 9.84 Å². The van der Waals surface area contributed by atoms with Crippen LogP contribution in [0.4, 0.5) is 5.69 Å². The zero-order valence-corrected chi connectivity index (χ0v) is 16.6. The highest BCUT2D eigenvalue weighted by Crippen LogP contribution is 2.32. The smallest absolute Gasteiger partial charge is 0.320 e. The molecule has 2 aromatic heterocycles. The molecule has 1 aromatic carbocycles. The number of fused-ring (bicyclic) bond motifs is 2. The van der Waals surface area contributed by atoms with Crippen LogP contribution in [0.1, 0.15) is 24.1 Å². The highest BCUT2D eigenvalue weighted by molar-refractivity contribution is 5.91. The predicted molar refractivity (Wildman–Crippen MR) is 111 cm³/mol. The van der Waals surface area contributed by atoms with Crippen molar-refractivity contribution in [2.45, 2.75) is 31.8 Å². The van der Waals surface area contributed by atoms with Crippen LogP contribution in [0.15, 0.2) is 36.5 Å². The monoisotopic (exact) mass is 391 g/mol. The highest BCUT2D eigenvalue weighted by atomic mass is 16.5. The van der Waals surface area contributed by atoms with Gasteiger partial charge in [0, 0.05) is 35.4 Å². The number of nitrogens with zero attached hydrogens (tertiary/aromatic N) is 5. The molecule has 0 radical (unpaired) electrons. The van der Waals surface area contributed by atoms with Crippen molar-refractivity contribution in [2.75, 3.05) is 31.6 Å². The highest BCUT2D eigenvalue weighted by Gasteiger charge is 2.25. The lowest BCUT2D eigenvalue weighted by Crippen LogP contribution is -2.32. The Morgan fingerprint density at radius 3 is 2.97 bits per heavy atom. The van der Waals surface area contributed by atoms with E-state index in [2.05, 4.69) is 43.9 Å². The van der Waals surface area contributed by atoms with E-state index in [-0.39, 0.29) is 11.9 Å². The molecule has 4 heterocycles. The number of aromatic nitrogens is 3. The summed E-state index contributed by atoms with van der Waals surface area (Å²) in [5, 5.41) is 11.6. The number of ether oxygens (including phenoxy) is 1. The first-order valence-corrected chi connectivity index (χ1v) is 10.2. The Kier molecular flexibility index (Phi) is 4.67. The largest absolute Gasteiger partial charge is 0.493 e. The fourth-order valence-corrected chi connectivity index (χ4v) is 4.38. The molecule has 0 aliphatic carbocycles. The van der Waals surface area contributed by atoms with E-state index >= 15 is 0 Å². The normalized spacial score (nSPS) is 19.5. The maximum atomic E-state index is 10.4. The molecule has 0 saturated carbocycles. The lowest BCUT2D eigenvalue weighted by atomic mass is 10.0. The maximum Gasteiger partial charge on any atom is 0.320 e. The molecule has 0 unspecified atom stereocenters. The number of benzene rings is 1. The standard InChI is InChI=1S/C22H25N5O2/c1-26-11-4-5-15(26)14-29-22-24-19-13-27(12-9-17(19)21(28)25-22)20-8-2-7-18-16(20)6-3-10-23-18/h2-3,6-8,10,15H,4-5,9,11-14H2,1H3,(H,24,25,28)/t15-/m0/s1. The van der Waals surface area contributed by atoms with E-state index in [1.54, 1.807) is 0 Å². The molecule has 3 aromatic rings. The Labute approximate surface area is 170 Å². The first-order chi connectivity index (χ1) is 14.2. The zero-order valence-electron chi connectivity index (χ0n) is 16.6. The Balaban J connectivity index is 1.39. The second-order valence-electron chi connectivity index (χ2n) is 7.86. The summed E-state index contributed by atoms with van der Waals surface area (Å²) in [6.45, 7) is 3.05. The second-order valence-corrected chi connectivity index (χ2v) is 7.86. The van der Waals surface area contributed by atoms with Crippen molar-refractivity contribution >= 4 is 16.6 Å². The van der Waals surface area contributed by atoms with Crippen molar-refractivity contribution in [3.63, 3.8) is 0 Å². The summed E-state index contributed by atoms with van der Waals surface area (Å²) in [5.74, 6) is 0.0454. The molecule has 7 nitrogen and oxygen atoms in total. The molecule has 1 N–H and O–H groups in total. The van der Waals surface area contributed by atoms with Crippen molar-refractivity contribution in [2.24, 2.45) is 0 Å². The van der Waals surface area contributed by atoms with Crippen molar-refractivity contribution in [3.05, 3.63) is 47.8 Å². The third kappa shape index (κ3) is 3.46. The summed E-state index contributed by atoms with van der Waals surface area (Å²) >= 11 is 0. The van der Waals surface area contributed by atoms with Gasteiger partial charge in [0.2, 0.25) is 5.88 Å². The van der Waals surface area contributed by atoms with E-state index in [9.17, 15) is 5.11 Å². The Hall–Kier alpha value is -2.93. The van der Waals surface area contributed by atoms with Crippen molar-refractivity contribution in [1.29, 1.82) is 0 Å². The van der Waals surface area contributed by atoms with E-state index in [0.717, 1.165) is 47.4 Å². The van der Waals surface area contributed by atoms with Gasteiger partial charge in [-0.1, -0.05) is 6.07 Å². The van der Waals surface area contributed by atoms with Gasteiger partial charge >= 0.3 is 6.01 Å². The topological polar surface area (TPSA) is 74.6 Å². The molecule has 150 valence electrons. The summed E-state index contributed by atoms with van der Waals surface area (Å²) < 4.78 is 5.87. The van der Waals surface area contributed by atoms with Gasteiger partial charge in [0.25, 0.3) is 0 Å². The van der Waals surface area contributed by atoms with Crippen LogP contribution in [0.25, 0.3) is 10.9 Å². The summed E-state index contributed by atoms with van der Waals surface area (Å²) in [5.41, 5.74) is 3.77. The minimum Gasteiger partial charge on any atom is -0.493 e. The van der Waals surface area contributed by atoms with E-state index in [1.807, 2.05) is 24.4 Å². The summed E-state index contributed by atoms with van der Waals surface area (Å²) in [7, 11) is 2.11. The van der Waals surface area contributed by atoms with E-state index in [4.69, 9.17) is 4.74 Å². The lowest BCUT2D eigenvalue weighted by Gasteiger charge is -2.31. The molecule has 1 saturated heterocycles. The fraction of sp³-hybridized carbons (Fsp3) is 0.409. The van der Waals surface area contributed by atoms with Gasteiger partial charge in [-0.25, -0.2) is 0 Å². The van der Waals surface area contributed by atoms with Crippen LogP contribution < -0.4 is 9.64 Å². The van der Waals surface area contributed by atoms with Gasteiger partial charge < -0.3 is 19.6 Å².